The number of carbonyl (C=O) groups excluding carboxylic acids is 2. The maximum atomic E-state index is 12.3. The average Bonchev–Trinajstić information content (AvgIpc) is 2.28. The van der Waals surface area contributed by atoms with Crippen LogP contribution < -0.4 is 0 Å². The summed E-state index contributed by atoms with van der Waals surface area (Å²) in [5, 5.41) is -0.410. The Bertz CT molecular complexity index is 508. The van der Waals surface area contributed by atoms with Crippen molar-refractivity contribution >= 4 is 35.3 Å². The molecule has 0 aliphatic carbocycles. The minimum atomic E-state index is -0.521. The average molecular weight is 294 g/mol. The molecule has 0 saturated heterocycles. The lowest BCUT2D eigenvalue weighted by Crippen LogP contribution is -2.21. The van der Waals surface area contributed by atoms with Crippen LogP contribution >= 0.6 is 24.4 Å². The number of aryl methyl sites for hydroxylation is 1. The number of hydrogen-bond donors (Lipinski definition) is 1. The van der Waals surface area contributed by atoms with Gasteiger partial charge in [0, 0.05) is 16.4 Å². The Morgan fingerprint density at radius 2 is 1.68 bits per heavy atom. The molecule has 0 unspecified atom stereocenters. The second-order valence-electron chi connectivity index (χ2n) is 5.34. The maximum absolute atomic E-state index is 12.3. The summed E-state index contributed by atoms with van der Waals surface area (Å²) >= 11 is 5.03. The Hall–Kier alpha value is -1.00. The van der Waals surface area contributed by atoms with E-state index in [1.807, 2.05) is 52.0 Å². The van der Waals surface area contributed by atoms with Gasteiger partial charge in [-0.15, -0.1) is 12.6 Å². The number of hydrogen-bond acceptors (Lipinski definition) is 3. The van der Waals surface area contributed by atoms with E-state index < -0.39 is 10.5 Å². The molecule has 0 atom stereocenters. The standard InChI is InChI=1S/C15H18O2S2/c1-10-5-7-11(8-6-10)19-12(9-13(16)18)14(17)15(2,3)4/h5-9H,1-4H3,(H,16,18). The second kappa shape index (κ2) is 6.44. The SMILES string of the molecule is Cc1ccc(SC(=CC(=O)S)C(=O)C(C)(C)C)cc1. The van der Waals surface area contributed by atoms with Crippen molar-refractivity contribution in [2.24, 2.45) is 5.41 Å². The highest BCUT2D eigenvalue weighted by molar-refractivity contribution is 8.04. The van der Waals surface area contributed by atoms with Crippen molar-refractivity contribution in [2.45, 2.75) is 32.6 Å². The molecule has 0 fully saturated rings. The van der Waals surface area contributed by atoms with Crippen LogP contribution in [0.5, 0.6) is 0 Å². The molecular formula is C15H18O2S2. The van der Waals surface area contributed by atoms with Crippen LogP contribution in [0.25, 0.3) is 0 Å². The minimum absolute atomic E-state index is 0.0551. The Kier molecular flexibility index (Phi) is 5.44. The Labute approximate surface area is 124 Å². The van der Waals surface area contributed by atoms with Crippen molar-refractivity contribution in [3.63, 3.8) is 0 Å². The maximum Gasteiger partial charge on any atom is 0.210 e. The van der Waals surface area contributed by atoms with Crippen molar-refractivity contribution < 1.29 is 9.59 Å². The molecule has 0 heterocycles. The van der Waals surface area contributed by atoms with Gasteiger partial charge in [-0.25, -0.2) is 0 Å². The van der Waals surface area contributed by atoms with Crippen LogP contribution in [-0.2, 0) is 9.59 Å². The second-order valence-corrected chi connectivity index (χ2v) is 6.90. The Morgan fingerprint density at radius 1 is 1.16 bits per heavy atom. The summed E-state index contributed by atoms with van der Waals surface area (Å²) in [5.41, 5.74) is 0.634. The van der Waals surface area contributed by atoms with Crippen LogP contribution in [0.3, 0.4) is 0 Å². The minimum Gasteiger partial charge on any atom is -0.293 e. The molecule has 4 heteroatoms. The molecule has 0 bridgehead atoms. The molecule has 1 aromatic rings. The van der Waals surface area contributed by atoms with Gasteiger partial charge in [0.25, 0.3) is 0 Å². The number of carbonyl (C=O) groups is 2. The summed E-state index contributed by atoms with van der Waals surface area (Å²) in [4.78, 5) is 24.8. The van der Waals surface area contributed by atoms with E-state index >= 15 is 0 Å². The summed E-state index contributed by atoms with van der Waals surface area (Å²) in [7, 11) is 0. The molecule has 0 spiro atoms. The molecule has 0 aromatic heterocycles. The van der Waals surface area contributed by atoms with Gasteiger partial charge < -0.3 is 0 Å². The molecular weight excluding hydrogens is 276 g/mol. The van der Waals surface area contributed by atoms with Crippen molar-refractivity contribution in [3.05, 3.63) is 40.8 Å². The molecule has 0 aliphatic rings. The Morgan fingerprint density at radius 3 is 2.11 bits per heavy atom. The van der Waals surface area contributed by atoms with Crippen LogP contribution in [-0.4, -0.2) is 10.9 Å². The Balaban J connectivity index is 3.03. The highest BCUT2D eigenvalue weighted by atomic mass is 32.2. The molecule has 2 nitrogen and oxygen atoms in total. The summed E-state index contributed by atoms with van der Waals surface area (Å²) in [6.07, 6.45) is 1.29. The number of thioether (sulfide) groups is 1. The predicted molar refractivity (Wildman–Crippen MR) is 83.6 cm³/mol. The highest BCUT2D eigenvalue weighted by Gasteiger charge is 2.26. The van der Waals surface area contributed by atoms with E-state index in [9.17, 15) is 9.59 Å². The third-order valence-electron chi connectivity index (χ3n) is 2.41. The van der Waals surface area contributed by atoms with Crippen molar-refractivity contribution in [1.29, 1.82) is 0 Å². The van der Waals surface area contributed by atoms with E-state index in [1.54, 1.807) is 0 Å². The van der Waals surface area contributed by atoms with Crippen LogP contribution in [0.15, 0.2) is 40.1 Å². The number of Topliss-reactive ketones (excluding diaryl/α,β-unsaturated/α-hetero) is 1. The topological polar surface area (TPSA) is 34.1 Å². The van der Waals surface area contributed by atoms with Gasteiger partial charge in [0.05, 0.1) is 4.91 Å². The summed E-state index contributed by atoms with van der Waals surface area (Å²) in [6.45, 7) is 7.51. The van der Waals surface area contributed by atoms with Crippen molar-refractivity contribution in [3.8, 4) is 0 Å². The number of allylic oxidation sites excluding steroid dienone is 1. The van der Waals surface area contributed by atoms with Gasteiger partial charge in [0.15, 0.2) is 5.78 Å². The molecule has 0 radical (unpaired) electrons. The molecule has 0 saturated carbocycles. The van der Waals surface area contributed by atoms with E-state index in [4.69, 9.17) is 0 Å². The largest absolute Gasteiger partial charge is 0.293 e. The first-order valence-corrected chi connectivity index (χ1v) is 7.20. The lowest BCUT2D eigenvalue weighted by atomic mass is 9.90. The molecule has 19 heavy (non-hydrogen) atoms. The van der Waals surface area contributed by atoms with Crippen molar-refractivity contribution in [2.75, 3.05) is 0 Å². The molecule has 0 amide bonds. The van der Waals surface area contributed by atoms with Gasteiger partial charge in [-0.2, -0.15) is 0 Å². The number of thiol groups is 1. The lowest BCUT2D eigenvalue weighted by molar-refractivity contribution is -0.122. The van der Waals surface area contributed by atoms with Gasteiger partial charge in [-0.05, 0) is 19.1 Å². The van der Waals surface area contributed by atoms with Crippen molar-refractivity contribution in [1.82, 2.24) is 0 Å². The van der Waals surface area contributed by atoms with E-state index in [2.05, 4.69) is 12.6 Å². The summed E-state index contributed by atoms with van der Waals surface area (Å²) in [5.74, 6) is -0.0551. The quantitative estimate of drug-likeness (QED) is 0.517. The van der Waals surface area contributed by atoms with E-state index in [-0.39, 0.29) is 5.78 Å². The smallest absolute Gasteiger partial charge is 0.210 e. The number of benzene rings is 1. The van der Waals surface area contributed by atoms with Crippen LogP contribution in [0.1, 0.15) is 26.3 Å². The van der Waals surface area contributed by atoms with E-state index in [1.165, 1.54) is 17.8 Å². The zero-order chi connectivity index (χ0) is 14.6. The molecule has 1 aromatic carbocycles. The first-order valence-electron chi connectivity index (χ1n) is 5.94. The molecule has 0 aliphatic heterocycles. The van der Waals surface area contributed by atoms with Crippen LogP contribution in [0, 0.1) is 12.3 Å². The summed E-state index contributed by atoms with van der Waals surface area (Å²) in [6, 6.07) is 7.83. The first kappa shape index (κ1) is 16.1. The molecule has 102 valence electrons. The predicted octanol–water partition coefficient (Wildman–Crippen LogP) is 4.04. The molecule has 0 N–H and O–H groups in total. The fraction of sp³-hybridized carbons (Fsp3) is 0.333. The molecule has 1 rings (SSSR count). The van der Waals surface area contributed by atoms with Gasteiger partial charge in [-0.3, -0.25) is 9.59 Å². The normalized spacial score (nSPS) is 12.4. The van der Waals surface area contributed by atoms with E-state index in [0.29, 0.717) is 4.91 Å². The van der Waals surface area contributed by atoms with Crippen LogP contribution in [0.2, 0.25) is 0 Å². The third kappa shape index (κ3) is 5.25. The van der Waals surface area contributed by atoms with E-state index in [0.717, 1.165) is 10.5 Å². The van der Waals surface area contributed by atoms with Gasteiger partial charge >= 0.3 is 0 Å². The third-order valence-corrected chi connectivity index (χ3v) is 3.57. The van der Waals surface area contributed by atoms with Gasteiger partial charge in [0.1, 0.15) is 0 Å². The monoisotopic (exact) mass is 294 g/mol. The fourth-order valence-corrected chi connectivity index (χ4v) is 2.66. The zero-order valence-electron chi connectivity index (χ0n) is 11.6. The highest BCUT2D eigenvalue weighted by Crippen LogP contribution is 2.33. The summed E-state index contributed by atoms with van der Waals surface area (Å²) < 4.78 is 0. The number of rotatable bonds is 4. The number of ketones is 1. The first-order chi connectivity index (χ1) is 8.70. The zero-order valence-corrected chi connectivity index (χ0v) is 13.3. The van der Waals surface area contributed by atoms with Gasteiger partial charge in [-0.1, -0.05) is 50.2 Å². The van der Waals surface area contributed by atoms with Gasteiger partial charge in [0.2, 0.25) is 5.12 Å². The fourth-order valence-electron chi connectivity index (χ4n) is 1.36. The van der Waals surface area contributed by atoms with Crippen LogP contribution in [0.4, 0.5) is 0 Å². The lowest BCUT2D eigenvalue weighted by Gasteiger charge is -2.18.